The van der Waals surface area contributed by atoms with Crippen LogP contribution >= 0.6 is 0 Å². The van der Waals surface area contributed by atoms with Gasteiger partial charge in [0.25, 0.3) is 0 Å². The molecule has 76 valence electrons. The van der Waals surface area contributed by atoms with E-state index >= 15 is 0 Å². The Bertz CT molecular complexity index is 363. The summed E-state index contributed by atoms with van der Waals surface area (Å²) in [6, 6.07) is 2.52. The number of hydrogen-bond donors (Lipinski definition) is 1. The lowest BCUT2D eigenvalue weighted by atomic mass is 10.1. The van der Waals surface area contributed by atoms with Crippen LogP contribution in [0.5, 0.6) is 0 Å². The maximum atomic E-state index is 13.2. The van der Waals surface area contributed by atoms with Crippen molar-refractivity contribution in [2.75, 3.05) is 12.3 Å². The number of benzene rings is 1. The highest BCUT2D eigenvalue weighted by atomic mass is 19.1. The molecule has 0 aliphatic rings. The number of carbonyl (C=O) groups excluding carboxylic acids is 1. The zero-order chi connectivity index (χ0) is 10.7. The summed E-state index contributed by atoms with van der Waals surface area (Å²) in [6.45, 7) is 3.55. The van der Waals surface area contributed by atoms with Gasteiger partial charge in [-0.1, -0.05) is 0 Å². The number of aryl methyl sites for hydroxylation is 1. The summed E-state index contributed by atoms with van der Waals surface area (Å²) in [5, 5.41) is 0. The largest absolute Gasteiger partial charge is 0.462 e. The van der Waals surface area contributed by atoms with Crippen molar-refractivity contribution in [2.45, 2.75) is 13.8 Å². The molecule has 0 fully saturated rings. The van der Waals surface area contributed by atoms with E-state index in [9.17, 15) is 9.18 Å². The number of nitrogens with two attached hydrogens (primary N) is 1. The molecular formula is C10H12FNO2. The van der Waals surface area contributed by atoms with E-state index in [4.69, 9.17) is 5.73 Å². The van der Waals surface area contributed by atoms with E-state index in [0.29, 0.717) is 11.3 Å². The highest BCUT2D eigenvalue weighted by Gasteiger charge is 2.14. The number of nitrogen functional groups attached to an aromatic ring is 1. The molecule has 0 amide bonds. The van der Waals surface area contributed by atoms with Crippen LogP contribution < -0.4 is 5.73 Å². The van der Waals surface area contributed by atoms with Crippen LogP contribution in [-0.2, 0) is 4.74 Å². The number of ether oxygens (including phenoxy) is 1. The molecule has 0 aromatic heterocycles. The molecule has 14 heavy (non-hydrogen) atoms. The fourth-order valence-corrected chi connectivity index (χ4v) is 1.05. The number of halogens is 1. The minimum absolute atomic E-state index is 0.116. The van der Waals surface area contributed by atoms with Crippen LogP contribution in [-0.4, -0.2) is 12.6 Å². The summed E-state index contributed by atoms with van der Waals surface area (Å²) in [5.41, 5.74) is 6.42. The van der Waals surface area contributed by atoms with Crippen molar-refractivity contribution in [1.29, 1.82) is 0 Å². The average molecular weight is 197 g/mol. The molecule has 0 spiro atoms. The SMILES string of the molecule is CCOC(=O)c1cc(N)c(C)cc1F. The van der Waals surface area contributed by atoms with Gasteiger partial charge in [-0.05, 0) is 31.5 Å². The van der Waals surface area contributed by atoms with Gasteiger partial charge in [0.15, 0.2) is 0 Å². The summed E-state index contributed by atoms with van der Waals surface area (Å²) < 4.78 is 17.9. The molecule has 1 rings (SSSR count). The first-order valence-electron chi connectivity index (χ1n) is 4.29. The highest BCUT2D eigenvalue weighted by Crippen LogP contribution is 2.17. The van der Waals surface area contributed by atoms with Gasteiger partial charge in [-0.15, -0.1) is 0 Å². The Morgan fingerprint density at radius 1 is 1.57 bits per heavy atom. The maximum absolute atomic E-state index is 13.2. The molecule has 0 aliphatic heterocycles. The quantitative estimate of drug-likeness (QED) is 0.581. The van der Waals surface area contributed by atoms with Crippen molar-refractivity contribution in [3.05, 3.63) is 29.1 Å². The average Bonchev–Trinajstić information content (AvgIpc) is 2.11. The van der Waals surface area contributed by atoms with E-state index < -0.39 is 11.8 Å². The zero-order valence-electron chi connectivity index (χ0n) is 8.13. The molecule has 4 heteroatoms. The number of hydrogen-bond acceptors (Lipinski definition) is 3. The predicted octanol–water partition coefficient (Wildman–Crippen LogP) is 1.89. The first-order valence-corrected chi connectivity index (χ1v) is 4.29. The highest BCUT2D eigenvalue weighted by molar-refractivity contribution is 5.91. The number of esters is 1. The lowest BCUT2D eigenvalue weighted by Gasteiger charge is -2.06. The van der Waals surface area contributed by atoms with Gasteiger partial charge in [0, 0.05) is 5.69 Å². The lowest BCUT2D eigenvalue weighted by molar-refractivity contribution is 0.0521. The van der Waals surface area contributed by atoms with Crippen LogP contribution in [0.4, 0.5) is 10.1 Å². The van der Waals surface area contributed by atoms with Crippen molar-refractivity contribution >= 4 is 11.7 Å². The van der Waals surface area contributed by atoms with E-state index in [0.717, 1.165) is 0 Å². The van der Waals surface area contributed by atoms with Gasteiger partial charge in [0.1, 0.15) is 5.82 Å². The maximum Gasteiger partial charge on any atom is 0.341 e. The number of rotatable bonds is 2. The first kappa shape index (κ1) is 10.5. The van der Waals surface area contributed by atoms with E-state index in [2.05, 4.69) is 4.74 Å². The van der Waals surface area contributed by atoms with Gasteiger partial charge in [-0.2, -0.15) is 0 Å². The van der Waals surface area contributed by atoms with E-state index in [1.807, 2.05) is 0 Å². The molecule has 2 N–H and O–H groups in total. The van der Waals surface area contributed by atoms with Gasteiger partial charge >= 0.3 is 5.97 Å². The van der Waals surface area contributed by atoms with Gasteiger partial charge in [-0.3, -0.25) is 0 Å². The molecule has 0 saturated carbocycles. The molecular weight excluding hydrogens is 185 g/mol. The normalized spacial score (nSPS) is 9.93. The Morgan fingerprint density at radius 2 is 2.21 bits per heavy atom. The topological polar surface area (TPSA) is 52.3 Å². The standard InChI is InChI=1S/C10H12FNO2/c1-3-14-10(13)7-5-9(12)6(2)4-8(7)11/h4-5H,3,12H2,1-2H3. The Hall–Kier alpha value is -1.58. The molecule has 1 aromatic rings. The summed E-state index contributed by atoms with van der Waals surface area (Å²) >= 11 is 0. The van der Waals surface area contributed by atoms with Crippen LogP contribution in [0.25, 0.3) is 0 Å². The molecule has 3 nitrogen and oxygen atoms in total. The van der Waals surface area contributed by atoms with Crippen LogP contribution in [0.2, 0.25) is 0 Å². The molecule has 0 unspecified atom stereocenters. The number of anilines is 1. The van der Waals surface area contributed by atoms with Gasteiger partial charge in [0.05, 0.1) is 12.2 Å². The molecule has 0 atom stereocenters. The Balaban J connectivity index is 3.09. The third kappa shape index (κ3) is 2.02. The third-order valence-corrected chi connectivity index (χ3v) is 1.85. The van der Waals surface area contributed by atoms with Crippen molar-refractivity contribution in [1.82, 2.24) is 0 Å². The van der Waals surface area contributed by atoms with Crippen molar-refractivity contribution in [2.24, 2.45) is 0 Å². The minimum atomic E-state index is -0.684. The zero-order valence-corrected chi connectivity index (χ0v) is 8.13. The minimum Gasteiger partial charge on any atom is -0.462 e. The predicted molar refractivity (Wildman–Crippen MR) is 51.5 cm³/mol. The van der Waals surface area contributed by atoms with Crippen molar-refractivity contribution in [3.63, 3.8) is 0 Å². The fourth-order valence-electron chi connectivity index (χ4n) is 1.05. The Morgan fingerprint density at radius 3 is 2.79 bits per heavy atom. The van der Waals surface area contributed by atoms with Gasteiger partial charge in [-0.25, -0.2) is 9.18 Å². The van der Waals surface area contributed by atoms with Crippen molar-refractivity contribution in [3.8, 4) is 0 Å². The molecule has 0 saturated heterocycles. The Labute approximate surface area is 81.7 Å². The van der Waals surface area contributed by atoms with E-state index in [1.54, 1.807) is 13.8 Å². The smallest absolute Gasteiger partial charge is 0.341 e. The molecule has 0 heterocycles. The van der Waals surface area contributed by atoms with E-state index in [-0.39, 0.29) is 12.2 Å². The van der Waals surface area contributed by atoms with Crippen LogP contribution in [0.15, 0.2) is 12.1 Å². The summed E-state index contributed by atoms with van der Waals surface area (Å²) in [4.78, 5) is 11.2. The van der Waals surface area contributed by atoms with E-state index in [1.165, 1.54) is 12.1 Å². The lowest BCUT2D eigenvalue weighted by Crippen LogP contribution is -2.08. The second kappa shape index (κ2) is 4.09. The van der Waals surface area contributed by atoms with Crippen LogP contribution in [0.3, 0.4) is 0 Å². The van der Waals surface area contributed by atoms with Crippen LogP contribution in [0.1, 0.15) is 22.8 Å². The molecule has 0 radical (unpaired) electrons. The molecule has 0 bridgehead atoms. The monoisotopic (exact) mass is 197 g/mol. The first-order chi connectivity index (χ1) is 6.56. The molecule has 0 aliphatic carbocycles. The Kier molecular flexibility index (Phi) is 3.06. The van der Waals surface area contributed by atoms with Gasteiger partial charge in [0.2, 0.25) is 0 Å². The van der Waals surface area contributed by atoms with Crippen LogP contribution in [0, 0.1) is 12.7 Å². The van der Waals surface area contributed by atoms with Crippen molar-refractivity contribution < 1.29 is 13.9 Å². The van der Waals surface area contributed by atoms with Gasteiger partial charge < -0.3 is 10.5 Å². The second-order valence-corrected chi connectivity index (χ2v) is 2.91. The summed E-state index contributed by atoms with van der Waals surface area (Å²) in [6.07, 6.45) is 0. The number of carbonyl (C=O) groups is 1. The summed E-state index contributed by atoms with van der Waals surface area (Å²) in [5.74, 6) is -1.29. The fraction of sp³-hybridized carbons (Fsp3) is 0.300. The summed E-state index contributed by atoms with van der Waals surface area (Å²) in [7, 11) is 0. The third-order valence-electron chi connectivity index (χ3n) is 1.85. The molecule has 1 aromatic carbocycles. The second-order valence-electron chi connectivity index (χ2n) is 2.91.